The van der Waals surface area contributed by atoms with Gasteiger partial charge in [-0.2, -0.15) is 0 Å². The number of carbonyl (C=O) groups excluding carboxylic acids is 1. The van der Waals surface area contributed by atoms with E-state index >= 15 is 0 Å². The topological polar surface area (TPSA) is 98.3 Å². The highest BCUT2D eigenvalue weighted by Gasteiger charge is 2.30. The fourth-order valence-corrected chi connectivity index (χ4v) is 1.76. The van der Waals surface area contributed by atoms with Crippen LogP contribution in [0.4, 0.5) is 11.4 Å². The second-order valence-corrected chi connectivity index (χ2v) is 4.58. The first-order valence-corrected chi connectivity index (χ1v) is 6.19. The van der Waals surface area contributed by atoms with Crippen molar-refractivity contribution in [1.82, 2.24) is 0 Å². The molecule has 6 heteroatoms. The number of nitrogens with two attached hydrogens (primary N) is 1. The van der Waals surface area contributed by atoms with Gasteiger partial charge in [0, 0.05) is 17.3 Å². The van der Waals surface area contributed by atoms with E-state index in [1.54, 1.807) is 13.0 Å². The van der Waals surface area contributed by atoms with Gasteiger partial charge in [0.2, 0.25) is 5.91 Å². The average molecular weight is 265 g/mol. The van der Waals surface area contributed by atoms with Gasteiger partial charge in [-0.3, -0.25) is 14.9 Å². The quantitative estimate of drug-likeness (QED) is 0.630. The van der Waals surface area contributed by atoms with E-state index in [9.17, 15) is 14.9 Å². The van der Waals surface area contributed by atoms with Crippen molar-refractivity contribution in [1.29, 1.82) is 0 Å². The van der Waals surface area contributed by atoms with Crippen molar-refractivity contribution in [3.05, 3.63) is 33.9 Å². The minimum atomic E-state index is -0.907. The Balaban J connectivity index is 2.92. The third-order valence-corrected chi connectivity index (χ3v) is 3.37. The van der Waals surface area contributed by atoms with Crippen LogP contribution in [0.3, 0.4) is 0 Å². The molecule has 0 aliphatic rings. The summed E-state index contributed by atoms with van der Waals surface area (Å²) in [6, 6.07) is 4.46. The van der Waals surface area contributed by atoms with Crippen LogP contribution in [0.5, 0.6) is 0 Å². The molecule has 1 aromatic rings. The second-order valence-electron chi connectivity index (χ2n) is 4.58. The molecule has 0 spiro atoms. The molecule has 0 radical (unpaired) electrons. The first-order chi connectivity index (χ1) is 8.84. The summed E-state index contributed by atoms with van der Waals surface area (Å²) in [5.74, 6) is -0.272. The predicted octanol–water partition coefficient (Wildman–Crippen LogP) is 2.36. The van der Waals surface area contributed by atoms with E-state index in [2.05, 4.69) is 5.32 Å². The predicted molar refractivity (Wildman–Crippen MR) is 74.0 cm³/mol. The summed E-state index contributed by atoms with van der Waals surface area (Å²) < 4.78 is 0. The summed E-state index contributed by atoms with van der Waals surface area (Å²) in [5.41, 5.74) is 6.12. The van der Waals surface area contributed by atoms with Gasteiger partial charge in [0.05, 0.1) is 10.5 Å². The number of rotatable bonds is 5. The van der Waals surface area contributed by atoms with E-state index in [4.69, 9.17) is 5.73 Å². The van der Waals surface area contributed by atoms with Gasteiger partial charge in [-0.15, -0.1) is 0 Å². The molecule has 1 rings (SSSR count). The lowest BCUT2D eigenvalue weighted by molar-refractivity contribution is -0.385. The summed E-state index contributed by atoms with van der Waals surface area (Å²) in [7, 11) is 0. The van der Waals surface area contributed by atoms with Crippen molar-refractivity contribution in [3.8, 4) is 0 Å². The first-order valence-electron chi connectivity index (χ1n) is 6.19. The van der Waals surface area contributed by atoms with Gasteiger partial charge in [-0.25, -0.2) is 0 Å². The number of benzene rings is 1. The number of nitro benzene ring substituents is 1. The number of hydrogen-bond acceptors (Lipinski definition) is 4. The Kier molecular flexibility index (Phi) is 4.61. The van der Waals surface area contributed by atoms with Gasteiger partial charge < -0.3 is 11.1 Å². The third-order valence-electron chi connectivity index (χ3n) is 3.37. The van der Waals surface area contributed by atoms with Crippen LogP contribution in [-0.2, 0) is 4.79 Å². The van der Waals surface area contributed by atoms with Crippen molar-refractivity contribution in [2.45, 2.75) is 39.2 Å². The molecule has 0 aliphatic carbocycles. The minimum Gasteiger partial charge on any atom is -0.324 e. The maximum absolute atomic E-state index is 12.1. The van der Waals surface area contributed by atoms with Crippen molar-refractivity contribution in [2.24, 2.45) is 5.73 Å². The SMILES string of the molecule is CCC(N)(CC)C(=O)Nc1ccc([N+](=O)[O-])c(C)c1. The van der Waals surface area contributed by atoms with Crippen LogP contribution in [0.1, 0.15) is 32.3 Å². The normalized spacial score (nSPS) is 11.2. The Morgan fingerprint density at radius 3 is 2.42 bits per heavy atom. The van der Waals surface area contributed by atoms with Crippen LogP contribution in [0.25, 0.3) is 0 Å². The van der Waals surface area contributed by atoms with Gasteiger partial charge in [0.1, 0.15) is 0 Å². The zero-order chi connectivity index (χ0) is 14.6. The molecule has 6 nitrogen and oxygen atoms in total. The van der Waals surface area contributed by atoms with Crippen molar-refractivity contribution >= 4 is 17.3 Å². The van der Waals surface area contributed by atoms with Gasteiger partial charge >= 0.3 is 0 Å². The van der Waals surface area contributed by atoms with Crippen molar-refractivity contribution in [3.63, 3.8) is 0 Å². The number of nitro groups is 1. The molecule has 0 atom stereocenters. The second kappa shape index (κ2) is 5.79. The first kappa shape index (κ1) is 15.1. The number of anilines is 1. The molecule has 104 valence electrons. The zero-order valence-corrected chi connectivity index (χ0v) is 11.4. The monoisotopic (exact) mass is 265 g/mol. The lowest BCUT2D eigenvalue weighted by Crippen LogP contribution is -2.50. The van der Waals surface area contributed by atoms with Gasteiger partial charge in [0.25, 0.3) is 5.69 Å². The van der Waals surface area contributed by atoms with E-state index in [1.165, 1.54) is 12.1 Å². The summed E-state index contributed by atoms with van der Waals surface area (Å²) >= 11 is 0. The standard InChI is InChI=1S/C13H19N3O3/c1-4-13(14,5-2)12(17)15-10-6-7-11(16(18)19)9(3)8-10/h6-8H,4-5,14H2,1-3H3,(H,15,17). The van der Waals surface area contributed by atoms with Crippen LogP contribution >= 0.6 is 0 Å². The van der Waals surface area contributed by atoms with E-state index in [0.29, 0.717) is 24.1 Å². The molecule has 0 heterocycles. The largest absolute Gasteiger partial charge is 0.324 e. The fraction of sp³-hybridized carbons (Fsp3) is 0.462. The molecule has 3 N–H and O–H groups in total. The van der Waals surface area contributed by atoms with Crippen LogP contribution in [-0.4, -0.2) is 16.4 Å². The van der Waals surface area contributed by atoms with Crippen LogP contribution in [0, 0.1) is 17.0 Å². The van der Waals surface area contributed by atoms with E-state index in [1.807, 2.05) is 13.8 Å². The Morgan fingerprint density at radius 1 is 1.42 bits per heavy atom. The van der Waals surface area contributed by atoms with Gasteiger partial charge in [0.15, 0.2) is 0 Å². The molecule has 1 amide bonds. The number of amides is 1. The Hall–Kier alpha value is -1.95. The van der Waals surface area contributed by atoms with Gasteiger partial charge in [-0.05, 0) is 31.9 Å². The highest BCUT2D eigenvalue weighted by atomic mass is 16.6. The Bertz CT molecular complexity index is 496. The fourth-order valence-electron chi connectivity index (χ4n) is 1.76. The molecule has 0 saturated heterocycles. The zero-order valence-electron chi connectivity index (χ0n) is 11.4. The molecular weight excluding hydrogens is 246 g/mol. The number of nitrogens with one attached hydrogen (secondary N) is 1. The lowest BCUT2D eigenvalue weighted by Gasteiger charge is -2.25. The number of nitrogens with zero attached hydrogens (tertiary/aromatic N) is 1. The molecule has 0 fully saturated rings. The average Bonchev–Trinajstić information content (AvgIpc) is 2.37. The number of hydrogen-bond donors (Lipinski definition) is 2. The highest BCUT2D eigenvalue weighted by Crippen LogP contribution is 2.23. The summed E-state index contributed by atoms with van der Waals surface area (Å²) in [6.07, 6.45) is 1.06. The van der Waals surface area contributed by atoms with E-state index in [0.717, 1.165) is 0 Å². The molecule has 0 bridgehead atoms. The Labute approximate surface area is 112 Å². The molecule has 0 saturated carbocycles. The van der Waals surface area contributed by atoms with Crippen LogP contribution in [0.15, 0.2) is 18.2 Å². The molecular formula is C13H19N3O3. The maximum Gasteiger partial charge on any atom is 0.272 e. The van der Waals surface area contributed by atoms with Crippen molar-refractivity contribution < 1.29 is 9.72 Å². The van der Waals surface area contributed by atoms with Crippen LogP contribution in [0.2, 0.25) is 0 Å². The van der Waals surface area contributed by atoms with Crippen LogP contribution < -0.4 is 11.1 Å². The Morgan fingerprint density at radius 2 is 2.00 bits per heavy atom. The minimum absolute atomic E-state index is 0.0305. The third kappa shape index (κ3) is 3.29. The highest BCUT2D eigenvalue weighted by molar-refractivity contribution is 5.98. The lowest BCUT2D eigenvalue weighted by atomic mass is 9.93. The van der Waals surface area contributed by atoms with E-state index in [-0.39, 0.29) is 11.6 Å². The molecule has 19 heavy (non-hydrogen) atoms. The molecule has 1 aromatic carbocycles. The molecule has 0 unspecified atom stereocenters. The summed E-state index contributed by atoms with van der Waals surface area (Å²) in [4.78, 5) is 22.3. The smallest absolute Gasteiger partial charge is 0.272 e. The van der Waals surface area contributed by atoms with E-state index < -0.39 is 10.5 Å². The number of aryl methyl sites for hydroxylation is 1. The maximum atomic E-state index is 12.1. The number of carbonyl (C=O) groups is 1. The molecule has 0 aliphatic heterocycles. The molecule has 0 aromatic heterocycles. The van der Waals surface area contributed by atoms with Crippen molar-refractivity contribution in [2.75, 3.05) is 5.32 Å². The summed E-state index contributed by atoms with van der Waals surface area (Å²) in [5, 5.41) is 13.4. The summed E-state index contributed by atoms with van der Waals surface area (Å²) in [6.45, 7) is 5.33. The van der Waals surface area contributed by atoms with Gasteiger partial charge in [-0.1, -0.05) is 13.8 Å².